The fraction of sp³-hybridized carbons (Fsp3) is 0.500. The number of thiocarbonyl (C=S) groups is 1. The van der Waals surface area contributed by atoms with Crippen molar-refractivity contribution in [2.45, 2.75) is 44.4 Å². The average Bonchev–Trinajstić information content (AvgIpc) is 2.39. The van der Waals surface area contributed by atoms with Crippen molar-refractivity contribution < 1.29 is 13.2 Å². The number of nitrogens with one attached hydrogen (secondary N) is 1. The van der Waals surface area contributed by atoms with Crippen LogP contribution >= 0.6 is 12.2 Å². The van der Waals surface area contributed by atoms with Gasteiger partial charge in [0, 0.05) is 11.7 Å². The summed E-state index contributed by atoms with van der Waals surface area (Å²) >= 11 is 4.98. The van der Waals surface area contributed by atoms with E-state index in [-0.39, 0.29) is 5.11 Å². The molecule has 0 spiro atoms. The van der Waals surface area contributed by atoms with Crippen molar-refractivity contribution in [2.24, 2.45) is 0 Å². The van der Waals surface area contributed by atoms with E-state index in [0.717, 1.165) is 19.3 Å². The first-order chi connectivity index (χ1) is 9.48. The third-order valence-corrected chi connectivity index (χ3v) is 3.76. The Hall–Kier alpha value is -1.30. The van der Waals surface area contributed by atoms with Crippen molar-refractivity contribution in [3.05, 3.63) is 30.3 Å². The standard InChI is InChI=1S/C14H17F3N2S/c15-14(16,17)19(12-9-5-2-6-10-12)13(20)18-11-7-3-1-4-8-11/h1,3-4,7-8,12H,2,5-6,9-10H2,(H,18,20). The maximum absolute atomic E-state index is 13.3. The molecular formula is C14H17F3N2S. The van der Waals surface area contributed by atoms with Crippen LogP contribution in [0.25, 0.3) is 0 Å². The zero-order valence-corrected chi connectivity index (χ0v) is 11.8. The Balaban J connectivity index is 2.12. The first kappa shape index (κ1) is 15.1. The summed E-state index contributed by atoms with van der Waals surface area (Å²) in [4.78, 5) is 0.411. The quantitative estimate of drug-likeness (QED) is 0.638. The second-order valence-corrected chi connectivity index (χ2v) is 5.31. The van der Waals surface area contributed by atoms with E-state index >= 15 is 0 Å². The molecule has 0 radical (unpaired) electrons. The molecule has 0 amide bonds. The molecule has 0 unspecified atom stereocenters. The molecule has 110 valence electrons. The summed E-state index contributed by atoms with van der Waals surface area (Å²) in [7, 11) is 0. The van der Waals surface area contributed by atoms with Crippen LogP contribution in [0, 0.1) is 0 Å². The molecule has 20 heavy (non-hydrogen) atoms. The fourth-order valence-electron chi connectivity index (χ4n) is 2.53. The van der Waals surface area contributed by atoms with Crippen LogP contribution in [0.4, 0.5) is 18.9 Å². The van der Waals surface area contributed by atoms with Gasteiger partial charge in [-0.2, -0.15) is 0 Å². The number of halogens is 3. The van der Waals surface area contributed by atoms with E-state index in [1.54, 1.807) is 30.3 Å². The molecule has 0 saturated heterocycles. The Labute approximate surface area is 122 Å². The first-order valence-electron chi connectivity index (χ1n) is 6.70. The highest BCUT2D eigenvalue weighted by Crippen LogP contribution is 2.32. The highest BCUT2D eigenvalue weighted by Gasteiger charge is 2.43. The van der Waals surface area contributed by atoms with Gasteiger partial charge >= 0.3 is 6.30 Å². The van der Waals surface area contributed by atoms with Crippen molar-refractivity contribution in [3.8, 4) is 0 Å². The van der Waals surface area contributed by atoms with E-state index in [4.69, 9.17) is 12.2 Å². The lowest BCUT2D eigenvalue weighted by Gasteiger charge is -2.37. The van der Waals surface area contributed by atoms with Crippen molar-refractivity contribution in [2.75, 3.05) is 5.32 Å². The number of para-hydroxylation sites is 1. The normalized spacial score (nSPS) is 16.8. The second-order valence-electron chi connectivity index (χ2n) is 4.93. The van der Waals surface area contributed by atoms with Gasteiger partial charge in [-0.15, -0.1) is 13.2 Å². The van der Waals surface area contributed by atoms with Gasteiger partial charge in [0.1, 0.15) is 0 Å². The smallest absolute Gasteiger partial charge is 0.332 e. The van der Waals surface area contributed by atoms with Crippen LogP contribution in [-0.4, -0.2) is 22.4 Å². The Morgan fingerprint density at radius 1 is 1.10 bits per heavy atom. The minimum Gasteiger partial charge on any atom is -0.332 e. The van der Waals surface area contributed by atoms with Gasteiger partial charge in [0.05, 0.1) is 0 Å². The van der Waals surface area contributed by atoms with Crippen LogP contribution in [-0.2, 0) is 0 Å². The van der Waals surface area contributed by atoms with Crippen molar-refractivity contribution in [1.29, 1.82) is 0 Å². The van der Waals surface area contributed by atoms with Crippen molar-refractivity contribution in [3.63, 3.8) is 0 Å². The Kier molecular flexibility index (Phi) is 4.86. The lowest BCUT2D eigenvalue weighted by Crippen LogP contribution is -2.51. The summed E-state index contributed by atoms with van der Waals surface area (Å²) in [5, 5.41) is 2.42. The van der Waals surface area contributed by atoms with Gasteiger partial charge < -0.3 is 5.32 Å². The number of hydrogen-bond donors (Lipinski definition) is 1. The number of hydrogen-bond acceptors (Lipinski definition) is 1. The molecule has 1 aromatic rings. The molecule has 1 N–H and O–H groups in total. The molecule has 1 fully saturated rings. The van der Waals surface area contributed by atoms with Gasteiger partial charge in [-0.1, -0.05) is 37.5 Å². The zero-order valence-electron chi connectivity index (χ0n) is 11.0. The molecule has 0 atom stereocenters. The van der Waals surface area contributed by atoms with Crippen LogP contribution < -0.4 is 5.32 Å². The van der Waals surface area contributed by atoms with E-state index < -0.39 is 12.3 Å². The lowest BCUT2D eigenvalue weighted by atomic mass is 9.94. The average molecular weight is 302 g/mol. The number of anilines is 1. The largest absolute Gasteiger partial charge is 0.486 e. The molecule has 2 rings (SSSR count). The number of benzene rings is 1. The minimum atomic E-state index is -4.44. The lowest BCUT2D eigenvalue weighted by molar-refractivity contribution is -0.230. The maximum atomic E-state index is 13.3. The molecule has 1 saturated carbocycles. The van der Waals surface area contributed by atoms with E-state index in [2.05, 4.69) is 5.32 Å². The van der Waals surface area contributed by atoms with Crippen LogP contribution in [0.3, 0.4) is 0 Å². The first-order valence-corrected chi connectivity index (χ1v) is 7.11. The van der Waals surface area contributed by atoms with E-state index in [1.165, 1.54) is 0 Å². The van der Waals surface area contributed by atoms with Gasteiger partial charge in [-0.25, -0.2) is 0 Å². The van der Waals surface area contributed by atoms with E-state index in [1.807, 2.05) is 0 Å². The van der Waals surface area contributed by atoms with Gasteiger partial charge in [0.2, 0.25) is 0 Å². The topological polar surface area (TPSA) is 15.3 Å². The minimum absolute atomic E-state index is 0.268. The van der Waals surface area contributed by atoms with E-state index in [9.17, 15) is 13.2 Å². The zero-order chi connectivity index (χ0) is 14.6. The molecule has 0 aromatic heterocycles. The second kappa shape index (κ2) is 6.43. The summed E-state index contributed by atoms with van der Waals surface area (Å²) in [6.45, 7) is 0. The van der Waals surface area contributed by atoms with Gasteiger partial charge in [0.15, 0.2) is 5.11 Å². The fourth-order valence-corrected chi connectivity index (χ4v) is 2.90. The SMILES string of the molecule is FC(F)(F)N(C(=S)Nc1ccccc1)C1CCCCC1. The summed E-state index contributed by atoms with van der Waals surface area (Å²) in [5.41, 5.74) is 0.572. The highest BCUT2D eigenvalue weighted by molar-refractivity contribution is 7.80. The molecule has 0 aliphatic heterocycles. The summed E-state index contributed by atoms with van der Waals surface area (Å²) in [5.74, 6) is 0. The van der Waals surface area contributed by atoms with Crippen LogP contribution in [0.1, 0.15) is 32.1 Å². The Morgan fingerprint density at radius 2 is 1.70 bits per heavy atom. The summed E-state index contributed by atoms with van der Waals surface area (Å²) in [6, 6.07) is 8.15. The molecule has 6 heteroatoms. The number of rotatable bonds is 2. The Morgan fingerprint density at radius 3 is 2.25 bits per heavy atom. The van der Waals surface area contributed by atoms with Crippen LogP contribution in [0.15, 0.2) is 30.3 Å². The molecule has 1 aliphatic rings. The molecule has 0 heterocycles. The number of nitrogens with zero attached hydrogens (tertiary/aromatic N) is 1. The van der Waals surface area contributed by atoms with Crippen molar-refractivity contribution in [1.82, 2.24) is 4.90 Å². The molecule has 2 nitrogen and oxygen atoms in total. The predicted octanol–water partition coefficient (Wildman–Crippen LogP) is 4.54. The maximum Gasteiger partial charge on any atom is 0.486 e. The van der Waals surface area contributed by atoms with Crippen LogP contribution in [0.5, 0.6) is 0 Å². The molecular weight excluding hydrogens is 285 g/mol. The highest BCUT2D eigenvalue weighted by atomic mass is 32.1. The van der Waals surface area contributed by atoms with Crippen molar-refractivity contribution >= 4 is 23.0 Å². The number of alkyl halides is 3. The van der Waals surface area contributed by atoms with E-state index in [0.29, 0.717) is 23.4 Å². The summed E-state index contributed by atoms with van der Waals surface area (Å²) in [6.07, 6.45) is -0.718. The monoisotopic (exact) mass is 302 g/mol. The molecule has 1 aromatic carbocycles. The third kappa shape index (κ3) is 3.85. The third-order valence-electron chi connectivity index (χ3n) is 3.46. The predicted molar refractivity (Wildman–Crippen MR) is 77.4 cm³/mol. The summed E-state index contributed by atoms with van der Waals surface area (Å²) < 4.78 is 39.8. The molecule has 1 aliphatic carbocycles. The van der Waals surface area contributed by atoms with Gasteiger partial charge in [-0.05, 0) is 37.2 Å². The van der Waals surface area contributed by atoms with Gasteiger partial charge in [-0.3, -0.25) is 4.90 Å². The molecule has 0 bridgehead atoms. The van der Waals surface area contributed by atoms with Gasteiger partial charge in [0.25, 0.3) is 0 Å². The van der Waals surface area contributed by atoms with Crippen LogP contribution in [0.2, 0.25) is 0 Å². The Bertz CT molecular complexity index is 441.